The average Bonchev–Trinajstić information content (AvgIpc) is 3.58. The second kappa shape index (κ2) is 9.22. The van der Waals surface area contributed by atoms with Crippen LogP contribution in [0, 0.1) is 0 Å². The number of nitrogens with one attached hydrogen (secondary N) is 2. The lowest BCUT2D eigenvalue weighted by Gasteiger charge is -2.09. The van der Waals surface area contributed by atoms with Gasteiger partial charge in [-0.3, -0.25) is 4.79 Å². The highest BCUT2D eigenvalue weighted by Gasteiger charge is 2.39. The van der Waals surface area contributed by atoms with Crippen molar-refractivity contribution in [2.75, 3.05) is 5.32 Å². The highest BCUT2D eigenvalue weighted by Crippen LogP contribution is 2.40. The molecule has 1 aliphatic carbocycles. The summed E-state index contributed by atoms with van der Waals surface area (Å²) in [5, 5.41) is 6.23. The molecule has 5 nitrogen and oxygen atoms in total. The predicted octanol–water partition coefficient (Wildman–Crippen LogP) is 4.68. The lowest BCUT2D eigenvalue weighted by molar-refractivity contribution is 0.0950. The molecule has 0 radical (unpaired) electrons. The lowest BCUT2D eigenvalue weighted by Crippen LogP contribution is -2.26. The monoisotopic (exact) mass is 414 g/mol. The van der Waals surface area contributed by atoms with Crippen molar-refractivity contribution >= 4 is 17.3 Å². The predicted molar refractivity (Wildman–Crippen MR) is 130 cm³/mol. The fraction of sp³-hybridized carbons (Fsp3) is 0.115. The number of nitrogens with two attached hydrogens (primary N) is 2. The molecule has 1 saturated carbocycles. The molecule has 1 amide bonds. The molecule has 0 aliphatic heterocycles. The molecule has 1 fully saturated rings. The molecule has 0 aromatic heterocycles. The van der Waals surface area contributed by atoms with Crippen LogP contribution in [0.2, 0.25) is 0 Å². The van der Waals surface area contributed by atoms with Crippen molar-refractivity contribution in [3.05, 3.63) is 120 Å². The number of hydrogen-bond acceptors (Lipinski definition) is 4. The van der Waals surface area contributed by atoms with Crippen molar-refractivity contribution in [1.29, 1.82) is 0 Å². The SMILES string of the molecule is N/C(=C\C=C(/N)Nc1cccc(C(=O)N[C@@H]2C[C@H]2c2ccccc2)c1)c1ccccc1.[HH].[HH]. The van der Waals surface area contributed by atoms with Crippen LogP contribution in [0.25, 0.3) is 5.70 Å². The normalized spacial score (nSPS) is 18.3. The second-order valence-electron chi connectivity index (χ2n) is 7.65. The summed E-state index contributed by atoms with van der Waals surface area (Å²) in [5.74, 6) is 0.748. The Morgan fingerprint density at radius 2 is 1.55 bits per heavy atom. The first kappa shape index (κ1) is 20.3. The van der Waals surface area contributed by atoms with Crippen molar-refractivity contribution in [3.63, 3.8) is 0 Å². The van der Waals surface area contributed by atoms with Crippen molar-refractivity contribution in [2.24, 2.45) is 11.5 Å². The van der Waals surface area contributed by atoms with Crippen LogP contribution in [0.3, 0.4) is 0 Å². The summed E-state index contributed by atoms with van der Waals surface area (Å²) >= 11 is 0. The molecular formula is C26H30N4O. The lowest BCUT2D eigenvalue weighted by atomic mass is 10.1. The van der Waals surface area contributed by atoms with Gasteiger partial charge in [0.2, 0.25) is 0 Å². The van der Waals surface area contributed by atoms with E-state index in [4.69, 9.17) is 11.5 Å². The minimum Gasteiger partial charge on any atom is -0.398 e. The summed E-state index contributed by atoms with van der Waals surface area (Å²) in [5.41, 5.74) is 16.3. The number of rotatable bonds is 7. The molecule has 1 aliphatic rings. The highest BCUT2D eigenvalue weighted by atomic mass is 16.1. The Morgan fingerprint density at radius 1 is 0.871 bits per heavy atom. The van der Waals surface area contributed by atoms with Crippen molar-refractivity contribution in [3.8, 4) is 0 Å². The Balaban J connectivity index is 0.00000193. The van der Waals surface area contributed by atoms with Gasteiger partial charge in [-0.1, -0.05) is 66.7 Å². The molecule has 0 heterocycles. The van der Waals surface area contributed by atoms with Crippen LogP contribution in [0.5, 0.6) is 0 Å². The first-order valence-electron chi connectivity index (χ1n) is 10.3. The fourth-order valence-electron chi connectivity index (χ4n) is 3.53. The third kappa shape index (κ3) is 5.34. The zero-order valence-electron chi connectivity index (χ0n) is 17.2. The quantitative estimate of drug-likeness (QED) is 0.423. The maximum atomic E-state index is 12.7. The molecule has 0 spiro atoms. The fourth-order valence-corrected chi connectivity index (χ4v) is 3.53. The molecule has 0 saturated heterocycles. The molecule has 3 aromatic rings. The average molecular weight is 415 g/mol. The first-order chi connectivity index (χ1) is 15.1. The third-order valence-corrected chi connectivity index (χ3v) is 5.30. The molecule has 0 unspecified atom stereocenters. The second-order valence-corrected chi connectivity index (χ2v) is 7.65. The number of allylic oxidation sites excluding steroid dienone is 2. The summed E-state index contributed by atoms with van der Waals surface area (Å²) in [4.78, 5) is 12.7. The highest BCUT2D eigenvalue weighted by molar-refractivity contribution is 5.95. The van der Waals surface area contributed by atoms with Gasteiger partial charge in [-0.2, -0.15) is 0 Å². The smallest absolute Gasteiger partial charge is 0.251 e. The molecule has 6 N–H and O–H groups in total. The van der Waals surface area contributed by atoms with Gasteiger partial charge in [-0.05, 0) is 47.9 Å². The number of carbonyl (C=O) groups excluding carboxylic acids is 1. The van der Waals surface area contributed by atoms with Gasteiger partial charge in [0.25, 0.3) is 5.91 Å². The van der Waals surface area contributed by atoms with E-state index in [2.05, 4.69) is 22.8 Å². The van der Waals surface area contributed by atoms with Gasteiger partial charge in [-0.25, -0.2) is 0 Å². The Bertz CT molecular complexity index is 1120. The topological polar surface area (TPSA) is 93.2 Å². The van der Waals surface area contributed by atoms with E-state index in [1.165, 1.54) is 5.56 Å². The van der Waals surface area contributed by atoms with E-state index in [-0.39, 0.29) is 14.8 Å². The zero-order valence-corrected chi connectivity index (χ0v) is 17.2. The molecule has 5 heteroatoms. The number of anilines is 1. The summed E-state index contributed by atoms with van der Waals surface area (Å²) in [7, 11) is 0. The van der Waals surface area contributed by atoms with Crippen molar-refractivity contribution in [1.82, 2.24) is 5.32 Å². The van der Waals surface area contributed by atoms with Crippen molar-refractivity contribution in [2.45, 2.75) is 18.4 Å². The van der Waals surface area contributed by atoms with Gasteiger partial charge < -0.3 is 22.1 Å². The van der Waals surface area contributed by atoms with Gasteiger partial charge in [0.15, 0.2) is 0 Å². The Labute approximate surface area is 185 Å². The van der Waals surface area contributed by atoms with Crippen LogP contribution in [-0.2, 0) is 0 Å². The molecule has 3 aromatic carbocycles. The van der Waals surface area contributed by atoms with Crippen LogP contribution in [0.1, 0.15) is 36.7 Å². The van der Waals surface area contributed by atoms with Gasteiger partial charge in [0.05, 0.1) is 0 Å². The van der Waals surface area contributed by atoms with E-state index in [0.717, 1.165) is 17.7 Å². The zero-order chi connectivity index (χ0) is 21.6. The van der Waals surface area contributed by atoms with Crippen LogP contribution >= 0.6 is 0 Å². The Kier molecular flexibility index (Phi) is 6.03. The standard InChI is InChI=1S/C26H26N4O.2H2/c27-23(19-10-5-2-6-11-19)14-15-25(28)29-21-13-7-12-20(16-21)26(31)30-24-17-22(24)18-8-3-1-4-9-18;;/h1-16,22,24,29H,17,27-28H2,(H,30,31);2*1H/b23-14-,25-15+;;/t22-,24+;;/m0../s1. The summed E-state index contributed by atoms with van der Waals surface area (Å²) in [6.45, 7) is 0. The van der Waals surface area contributed by atoms with Crippen LogP contribution in [0.15, 0.2) is 103 Å². The van der Waals surface area contributed by atoms with E-state index < -0.39 is 0 Å². The largest absolute Gasteiger partial charge is 0.398 e. The molecule has 4 rings (SSSR count). The molecule has 31 heavy (non-hydrogen) atoms. The van der Waals surface area contributed by atoms with Gasteiger partial charge in [0.1, 0.15) is 5.82 Å². The Morgan fingerprint density at radius 3 is 2.29 bits per heavy atom. The summed E-state index contributed by atoms with van der Waals surface area (Å²) in [6, 6.07) is 27.4. The molecule has 0 bridgehead atoms. The Hall–Kier alpha value is -3.99. The van der Waals surface area contributed by atoms with E-state index in [1.807, 2.05) is 60.7 Å². The maximum Gasteiger partial charge on any atom is 0.251 e. The maximum absolute atomic E-state index is 12.7. The van der Waals surface area contributed by atoms with Crippen molar-refractivity contribution < 1.29 is 7.65 Å². The van der Waals surface area contributed by atoms with Crippen LogP contribution in [-0.4, -0.2) is 11.9 Å². The molecular weight excluding hydrogens is 384 g/mol. The minimum atomic E-state index is -0.0807. The van der Waals surface area contributed by atoms with Gasteiger partial charge in [0, 0.05) is 31.8 Å². The van der Waals surface area contributed by atoms with E-state index in [0.29, 0.717) is 23.0 Å². The van der Waals surface area contributed by atoms with E-state index >= 15 is 0 Å². The number of amides is 1. The number of hydrogen-bond donors (Lipinski definition) is 4. The summed E-state index contributed by atoms with van der Waals surface area (Å²) < 4.78 is 0. The summed E-state index contributed by atoms with van der Waals surface area (Å²) in [6.07, 6.45) is 4.44. The van der Waals surface area contributed by atoms with Crippen LogP contribution < -0.4 is 22.1 Å². The number of carbonyl (C=O) groups is 1. The number of benzene rings is 3. The molecule has 2 atom stereocenters. The minimum absolute atomic E-state index is 0. The first-order valence-corrected chi connectivity index (χ1v) is 10.3. The van der Waals surface area contributed by atoms with Crippen LogP contribution in [0.4, 0.5) is 5.69 Å². The van der Waals surface area contributed by atoms with E-state index in [1.54, 1.807) is 24.3 Å². The van der Waals surface area contributed by atoms with E-state index in [9.17, 15) is 4.79 Å². The van der Waals surface area contributed by atoms with Gasteiger partial charge in [-0.15, -0.1) is 0 Å². The van der Waals surface area contributed by atoms with Gasteiger partial charge >= 0.3 is 0 Å². The third-order valence-electron chi connectivity index (χ3n) is 5.30. The molecule has 160 valence electrons.